The number of aliphatic hydroxyl groups is 1. The van der Waals surface area contributed by atoms with Gasteiger partial charge in [0.25, 0.3) is 0 Å². The van der Waals surface area contributed by atoms with Crippen LogP contribution in [0.5, 0.6) is 0 Å². The molecule has 0 unspecified atom stereocenters. The molecule has 1 aromatic carbocycles. The molecule has 1 aromatic rings. The van der Waals surface area contributed by atoms with Gasteiger partial charge in [-0.25, -0.2) is 4.39 Å². The number of halogens is 2. The van der Waals surface area contributed by atoms with Gasteiger partial charge < -0.3 is 20.5 Å². The number of nitrogen functional groups attached to an aromatic ring is 1. The van der Waals surface area contributed by atoms with Gasteiger partial charge in [0, 0.05) is 18.8 Å². The third-order valence-corrected chi connectivity index (χ3v) is 4.23. The van der Waals surface area contributed by atoms with Gasteiger partial charge in [-0.2, -0.15) is 0 Å². The second-order valence-corrected chi connectivity index (χ2v) is 7.71. The monoisotopic (exact) mass is 358 g/mol. The van der Waals surface area contributed by atoms with Crippen molar-refractivity contribution in [1.29, 1.82) is 0 Å². The highest BCUT2D eigenvalue weighted by Gasteiger charge is 2.37. The maximum atomic E-state index is 14.1. The lowest BCUT2D eigenvalue weighted by Crippen LogP contribution is -2.46. The molecule has 0 bridgehead atoms. The Bertz CT molecular complexity index is 600. The highest BCUT2D eigenvalue weighted by molar-refractivity contribution is 6.33. The van der Waals surface area contributed by atoms with Crippen LogP contribution in [0.3, 0.4) is 0 Å². The predicted octanol–water partition coefficient (Wildman–Crippen LogP) is 3.12. The molecule has 0 aliphatic carbocycles. The van der Waals surface area contributed by atoms with Crippen molar-refractivity contribution in [3.8, 4) is 0 Å². The Balaban J connectivity index is 2.02. The zero-order valence-electron chi connectivity index (χ0n) is 14.2. The van der Waals surface area contributed by atoms with Gasteiger partial charge in [0.2, 0.25) is 0 Å². The molecule has 0 aromatic heterocycles. The topological polar surface area (TPSA) is 75.8 Å². The summed E-state index contributed by atoms with van der Waals surface area (Å²) in [5.41, 5.74) is 4.39. The van der Waals surface area contributed by atoms with E-state index in [1.165, 1.54) is 12.1 Å². The third kappa shape index (κ3) is 4.74. The first-order valence-electron chi connectivity index (χ1n) is 7.93. The minimum atomic E-state index is -1.14. The normalized spacial score (nSPS) is 17.7. The van der Waals surface area contributed by atoms with Gasteiger partial charge in [-0.15, -0.1) is 0 Å². The lowest BCUT2D eigenvalue weighted by molar-refractivity contribution is -0.161. The molecule has 0 radical (unpaired) electrons. The summed E-state index contributed by atoms with van der Waals surface area (Å²) < 4.78 is 19.4. The number of esters is 1. The van der Waals surface area contributed by atoms with Crippen molar-refractivity contribution >= 4 is 28.9 Å². The van der Waals surface area contributed by atoms with Gasteiger partial charge in [0.15, 0.2) is 0 Å². The number of benzene rings is 1. The number of rotatable bonds is 3. The van der Waals surface area contributed by atoms with Crippen LogP contribution in [-0.2, 0) is 9.53 Å². The zero-order valence-corrected chi connectivity index (χ0v) is 15.0. The fourth-order valence-corrected chi connectivity index (χ4v) is 3.19. The lowest BCUT2D eigenvalue weighted by Gasteiger charge is -2.39. The van der Waals surface area contributed by atoms with Gasteiger partial charge in [0.1, 0.15) is 11.4 Å². The number of piperidine rings is 1. The number of ether oxygens (including phenoxy) is 1. The molecule has 0 amide bonds. The molecule has 24 heavy (non-hydrogen) atoms. The summed E-state index contributed by atoms with van der Waals surface area (Å²) in [6, 6.07) is 2.73. The molecule has 1 heterocycles. The average molecular weight is 359 g/mol. The van der Waals surface area contributed by atoms with Crippen molar-refractivity contribution in [2.75, 3.05) is 23.7 Å². The van der Waals surface area contributed by atoms with Gasteiger partial charge in [0.05, 0.1) is 22.7 Å². The van der Waals surface area contributed by atoms with E-state index in [0.29, 0.717) is 25.9 Å². The van der Waals surface area contributed by atoms with Crippen LogP contribution >= 0.6 is 11.6 Å². The Labute approximate surface area is 146 Å². The van der Waals surface area contributed by atoms with E-state index < -0.39 is 23.0 Å². The summed E-state index contributed by atoms with van der Waals surface area (Å²) in [6.07, 6.45) is 0.578. The van der Waals surface area contributed by atoms with Crippen molar-refractivity contribution in [3.05, 3.63) is 23.0 Å². The predicted molar refractivity (Wildman–Crippen MR) is 92.7 cm³/mol. The first-order valence-corrected chi connectivity index (χ1v) is 8.31. The molecule has 134 valence electrons. The van der Waals surface area contributed by atoms with Crippen LogP contribution in [0.4, 0.5) is 15.8 Å². The van der Waals surface area contributed by atoms with Crippen molar-refractivity contribution in [3.63, 3.8) is 0 Å². The molecule has 1 aliphatic heterocycles. The summed E-state index contributed by atoms with van der Waals surface area (Å²) in [7, 11) is 0. The molecule has 3 N–H and O–H groups in total. The molecule has 7 heteroatoms. The largest absolute Gasteiger partial charge is 0.460 e. The molecule has 0 spiro atoms. The zero-order chi connectivity index (χ0) is 18.1. The molecule has 1 saturated heterocycles. The highest BCUT2D eigenvalue weighted by Crippen LogP contribution is 2.36. The average Bonchev–Trinajstić information content (AvgIpc) is 2.37. The van der Waals surface area contributed by atoms with Crippen molar-refractivity contribution in [2.45, 2.75) is 51.2 Å². The van der Waals surface area contributed by atoms with E-state index in [9.17, 15) is 14.3 Å². The molecule has 0 saturated carbocycles. The summed E-state index contributed by atoms with van der Waals surface area (Å²) >= 11 is 6.10. The van der Waals surface area contributed by atoms with E-state index in [4.69, 9.17) is 22.1 Å². The number of hydrogen-bond donors (Lipinski definition) is 2. The Kier molecular flexibility index (Phi) is 5.30. The fraction of sp³-hybridized carbons (Fsp3) is 0.588. The Morgan fingerprint density at radius 2 is 2.00 bits per heavy atom. The van der Waals surface area contributed by atoms with Crippen LogP contribution in [0.1, 0.15) is 40.0 Å². The number of nitrogens with two attached hydrogens (primary N) is 1. The summed E-state index contributed by atoms with van der Waals surface area (Å²) in [5.74, 6) is -0.923. The van der Waals surface area contributed by atoms with Gasteiger partial charge in [-0.1, -0.05) is 11.6 Å². The maximum Gasteiger partial charge on any atom is 0.309 e. The Morgan fingerprint density at radius 1 is 1.42 bits per heavy atom. The molecule has 5 nitrogen and oxygen atoms in total. The smallest absolute Gasteiger partial charge is 0.309 e. The fourth-order valence-electron chi connectivity index (χ4n) is 2.86. The van der Waals surface area contributed by atoms with Crippen LogP contribution in [0.2, 0.25) is 5.02 Å². The molecule has 1 aliphatic rings. The summed E-state index contributed by atoms with van der Waals surface area (Å²) in [6.45, 7) is 6.12. The van der Waals surface area contributed by atoms with E-state index in [2.05, 4.69) is 0 Å². The summed E-state index contributed by atoms with van der Waals surface area (Å²) in [5, 5.41) is 10.9. The van der Waals surface area contributed by atoms with Gasteiger partial charge in [-0.05, 0) is 45.7 Å². The van der Waals surface area contributed by atoms with Gasteiger partial charge in [-0.3, -0.25) is 4.79 Å². The van der Waals surface area contributed by atoms with E-state index in [1.54, 1.807) is 25.7 Å². The molecule has 2 rings (SSSR count). The van der Waals surface area contributed by atoms with Crippen LogP contribution < -0.4 is 10.6 Å². The first-order chi connectivity index (χ1) is 11.0. The van der Waals surface area contributed by atoms with Crippen molar-refractivity contribution in [1.82, 2.24) is 0 Å². The highest BCUT2D eigenvalue weighted by atomic mass is 35.5. The molecule has 1 fully saturated rings. The van der Waals surface area contributed by atoms with Crippen LogP contribution in [0, 0.1) is 5.82 Å². The third-order valence-electron chi connectivity index (χ3n) is 3.94. The van der Waals surface area contributed by atoms with Crippen LogP contribution in [0.15, 0.2) is 12.1 Å². The molecule has 0 atom stereocenters. The first kappa shape index (κ1) is 18.8. The van der Waals surface area contributed by atoms with Gasteiger partial charge >= 0.3 is 5.97 Å². The van der Waals surface area contributed by atoms with Crippen molar-refractivity contribution < 1.29 is 19.0 Å². The number of carbonyl (C=O) groups is 1. The quantitative estimate of drug-likeness (QED) is 0.641. The van der Waals surface area contributed by atoms with Crippen LogP contribution in [0.25, 0.3) is 0 Å². The van der Waals surface area contributed by atoms with Crippen molar-refractivity contribution in [2.24, 2.45) is 0 Å². The number of anilines is 2. The second kappa shape index (κ2) is 6.76. The Morgan fingerprint density at radius 3 is 2.50 bits per heavy atom. The summed E-state index contributed by atoms with van der Waals surface area (Å²) in [4.78, 5) is 13.7. The minimum Gasteiger partial charge on any atom is -0.460 e. The minimum absolute atomic E-state index is 0.0734. The van der Waals surface area contributed by atoms with E-state index in [-0.39, 0.29) is 22.8 Å². The maximum absolute atomic E-state index is 14.1. The molecular weight excluding hydrogens is 335 g/mol. The number of hydrogen-bond acceptors (Lipinski definition) is 5. The van der Waals surface area contributed by atoms with E-state index in [1.807, 2.05) is 0 Å². The second-order valence-electron chi connectivity index (χ2n) is 7.31. The molecular formula is C17H24ClFN2O3. The SMILES string of the molecule is CC(C)(C)OC(=O)CC1(O)CCN(c2c(F)cc(N)cc2Cl)CC1. The van der Waals surface area contributed by atoms with E-state index >= 15 is 0 Å². The standard InChI is InChI=1S/C17H24ClFN2O3/c1-16(2,3)24-14(22)10-17(23)4-6-21(7-5-17)15-12(18)8-11(20)9-13(15)19/h8-9,23H,4-7,10,20H2,1-3H3. The number of nitrogens with zero attached hydrogens (tertiary/aromatic N) is 1. The van der Waals surface area contributed by atoms with E-state index in [0.717, 1.165) is 0 Å². The Hall–Kier alpha value is -1.53. The number of carbonyl (C=O) groups excluding carboxylic acids is 1. The lowest BCUT2D eigenvalue weighted by atomic mass is 9.88. The van der Waals surface area contributed by atoms with Crippen LogP contribution in [-0.4, -0.2) is 35.4 Å².